The van der Waals surface area contributed by atoms with E-state index in [1.807, 2.05) is 6.92 Å². The number of carbonyl (C=O) groups is 2. The van der Waals surface area contributed by atoms with Crippen LogP contribution < -0.4 is 0 Å². The van der Waals surface area contributed by atoms with Crippen molar-refractivity contribution >= 4 is 11.8 Å². The Hall–Kier alpha value is -0.940. The first-order chi connectivity index (χ1) is 8.11. The minimum atomic E-state index is -0.295. The van der Waals surface area contributed by atoms with Crippen LogP contribution in [-0.4, -0.2) is 55.6 Å². The van der Waals surface area contributed by atoms with Gasteiger partial charge in [-0.25, -0.2) is 0 Å². The minimum absolute atomic E-state index is 0.0900. The summed E-state index contributed by atoms with van der Waals surface area (Å²) in [6.45, 7) is 6.78. The standard InChI is InChI=1S/C12H21NO4/c1-3-16-12(15)5-4-11(14)9-13-6-7-17-10(2)8-13/h10H,3-9H2,1-2H3. The van der Waals surface area contributed by atoms with E-state index in [1.54, 1.807) is 6.92 Å². The quantitative estimate of drug-likeness (QED) is 0.640. The molecule has 1 fully saturated rings. The third-order valence-corrected chi connectivity index (χ3v) is 2.64. The van der Waals surface area contributed by atoms with Gasteiger partial charge in [0.15, 0.2) is 0 Å². The van der Waals surface area contributed by atoms with Gasteiger partial charge in [0, 0.05) is 19.5 Å². The molecule has 5 nitrogen and oxygen atoms in total. The van der Waals surface area contributed by atoms with Gasteiger partial charge in [-0.15, -0.1) is 0 Å². The first-order valence-electron chi connectivity index (χ1n) is 6.13. The predicted octanol–water partition coefficient (Wildman–Crippen LogP) is 0.619. The molecule has 1 heterocycles. The second-order valence-electron chi connectivity index (χ2n) is 4.26. The van der Waals surface area contributed by atoms with Gasteiger partial charge in [-0.2, -0.15) is 0 Å². The Labute approximate surface area is 102 Å². The number of morpholine rings is 1. The first kappa shape index (κ1) is 14.1. The minimum Gasteiger partial charge on any atom is -0.466 e. The monoisotopic (exact) mass is 243 g/mol. The smallest absolute Gasteiger partial charge is 0.306 e. The number of ketones is 1. The molecule has 1 aliphatic heterocycles. The summed E-state index contributed by atoms with van der Waals surface area (Å²) in [5.74, 6) is -0.205. The first-order valence-corrected chi connectivity index (χ1v) is 6.13. The summed E-state index contributed by atoms with van der Waals surface area (Å²) in [5.41, 5.74) is 0. The van der Waals surface area contributed by atoms with E-state index < -0.39 is 0 Å². The number of carbonyl (C=O) groups excluding carboxylic acids is 2. The molecule has 1 rings (SSSR count). The summed E-state index contributed by atoms with van der Waals surface area (Å²) in [4.78, 5) is 24.8. The van der Waals surface area contributed by atoms with Crippen LogP contribution in [0.4, 0.5) is 0 Å². The molecule has 1 atom stereocenters. The van der Waals surface area contributed by atoms with Crippen LogP contribution in [0.2, 0.25) is 0 Å². The third kappa shape index (κ3) is 5.79. The Kier molecular flexibility index (Phi) is 6.15. The topological polar surface area (TPSA) is 55.8 Å². The highest BCUT2D eigenvalue weighted by Crippen LogP contribution is 2.05. The Bertz CT molecular complexity index is 267. The van der Waals surface area contributed by atoms with E-state index in [0.717, 1.165) is 13.1 Å². The molecule has 0 aromatic carbocycles. The molecule has 0 N–H and O–H groups in total. The summed E-state index contributed by atoms with van der Waals surface area (Å²) in [5, 5.41) is 0. The zero-order valence-corrected chi connectivity index (χ0v) is 10.6. The molecule has 0 bridgehead atoms. The maximum atomic E-state index is 11.6. The van der Waals surface area contributed by atoms with Crippen molar-refractivity contribution in [3.63, 3.8) is 0 Å². The highest BCUT2D eigenvalue weighted by molar-refractivity contribution is 5.84. The highest BCUT2D eigenvalue weighted by atomic mass is 16.5. The fraction of sp³-hybridized carbons (Fsp3) is 0.833. The lowest BCUT2D eigenvalue weighted by Gasteiger charge is -2.30. The maximum Gasteiger partial charge on any atom is 0.306 e. The van der Waals surface area contributed by atoms with Crippen molar-refractivity contribution in [2.75, 3.05) is 32.8 Å². The van der Waals surface area contributed by atoms with Crippen molar-refractivity contribution in [2.45, 2.75) is 32.8 Å². The largest absolute Gasteiger partial charge is 0.466 e. The number of hydrogen-bond donors (Lipinski definition) is 0. The summed E-state index contributed by atoms with van der Waals surface area (Å²) < 4.78 is 10.2. The van der Waals surface area contributed by atoms with Gasteiger partial charge in [0.25, 0.3) is 0 Å². The summed E-state index contributed by atoms with van der Waals surface area (Å²) in [6, 6.07) is 0. The molecular weight excluding hydrogens is 222 g/mol. The Balaban J connectivity index is 2.18. The Morgan fingerprint density at radius 1 is 1.41 bits per heavy atom. The molecule has 17 heavy (non-hydrogen) atoms. The van der Waals surface area contributed by atoms with Gasteiger partial charge >= 0.3 is 5.97 Å². The van der Waals surface area contributed by atoms with Crippen LogP contribution in [0.1, 0.15) is 26.7 Å². The van der Waals surface area contributed by atoms with Gasteiger partial charge < -0.3 is 9.47 Å². The average molecular weight is 243 g/mol. The normalized spacial score (nSPS) is 21.2. The second-order valence-corrected chi connectivity index (χ2v) is 4.26. The molecule has 0 amide bonds. The van der Waals surface area contributed by atoms with Crippen LogP contribution in [0.5, 0.6) is 0 Å². The van der Waals surface area contributed by atoms with E-state index >= 15 is 0 Å². The van der Waals surface area contributed by atoms with Crippen LogP contribution in [-0.2, 0) is 19.1 Å². The van der Waals surface area contributed by atoms with E-state index in [0.29, 0.717) is 19.8 Å². The fourth-order valence-corrected chi connectivity index (χ4v) is 1.84. The molecule has 1 aliphatic rings. The Morgan fingerprint density at radius 2 is 2.18 bits per heavy atom. The number of hydrogen-bond acceptors (Lipinski definition) is 5. The highest BCUT2D eigenvalue weighted by Gasteiger charge is 2.19. The molecule has 0 aromatic rings. The molecule has 1 saturated heterocycles. The fourth-order valence-electron chi connectivity index (χ4n) is 1.84. The van der Waals surface area contributed by atoms with Crippen LogP contribution in [0.15, 0.2) is 0 Å². The van der Waals surface area contributed by atoms with Crippen molar-refractivity contribution in [3.8, 4) is 0 Å². The molecule has 98 valence electrons. The van der Waals surface area contributed by atoms with Gasteiger partial charge in [0.2, 0.25) is 0 Å². The van der Waals surface area contributed by atoms with Crippen molar-refractivity contribution < 1.29 is 19.1 Å². The lowest BCUT2D eigenvalue weighted by molar-refractivity contribution is -0.144. The maximum absolute atomic E-state index is 11.6. The molecule has 0 aromatic heterocycles. The summed E-state index contributed by atoms with van der Waals surface area (Å²) in [6.07, 6.45) is 0.638. The van der Waals surface area contributed by atoms with Crippen LogP contribution >= 0.6 is 0 Å². The van der Waals surface area contributed by atoms with Crippen LogP contribution in [0, 0.1) is 0 Å². The van der Waals surface area contributed by atoms with Crippen molar-refractivity contribution in [1.82, 2.24) is 4.90 Å². The second kappa shape index (κ2) is 7.40. The van der Waals surface area contributed by atoms with E-state index in [9.17, 15) is 9.59 Å². The van der Waals surface area contributed by atoms with Gasteiger partial charge in [-0.05, 0) is 13.8 Å². The molecule has 0 radical (unpaired) electrons. The zero-order valence-electron chi connectivity index (χ0n) is 10.6. The number of rotatable bonds is 6. The predicted molar refractivity (Wildman–Crippen MR) is 62.7 cm³/mol. The van der Waals surface area contributed by atoms with E-state index in [4.69, 9.17) is 9.47 Å². The molecular formula is C12H21NO4. The SMILES string of the molecule is CCOC(=O)CCC(=O)CN1CCOC(C)C1. The summed E-state index contributed by atoms with van der Waals surface area (Å²) in [7, 11) is 0. The average Bonchev–Trinajstić information content (AvgIpc) is 2.27. The number of ether oxygens (including phenoxy) is 2. The van der Waals surface area contributed by atoms with Crippen LogP contribution in [0.25, 0.3) is 0 Å². The molecule has 5 heteroatoms. The number of Topliss-reactive ketones (excluding diaryl/α,β-unsaturated/α-hetero) is 1. The lowest BCUT2D eigenvalue weighted by Crippen LogP contribution is -2.43. The van der Waals surface area contributed by atoms with Crippen molar-refractivity contribution in [1.29, 1.82) is 0 Å². The van der Waals surface area contributed by atoms with E-state index in [1.165, 1.54) is 0 Å². The summed E-state index contributed by atoms with van der Waals surface area (Å²) >= 11 is 0. The van der Waals surface area contributed by atoms with Crippen LogP contribution in [0.3, 0.4) is 0 Å². The molecule has 0 saturated carbocycles. The van der Waals surface area contributed by atoms with E-state index in [-0.39, 0.29) is 30.7 Å². The number of esters is 1. The molecule has 0 spiro atoms. The number of nitrogens with zero attached hydrogens (tertiary/aromatic N) is 1. The van der Waals surface area contributed by atoms with Gasteiger partial charge in [-0.1, -0.05) is 0 Å². The van der Waals surface area contributed by atoms with Crippen molar-refractivity contribution in [3.05, 3.63) is 0 Å². The lowest BCUT2D eigenvalue weighted by atomic mass is 10.2. The third-order valence-electron chi connectivity index (χ3n) is 2.64. The zero-order chi connectivity index (χ0) is 12.7. The van der Waals surface area contributed by atoms with Crippen molar-refractivity contribution in [2.24, 2.45) is 0 Å². The van der Waals surface area contributed by atoms with Gasteiger partial charge in [-0.3, -0.25) is 14.5 Å². The Morgan fingerprint density at radius 3 is 2.82 bits per heavy atom. The van der Waals surface area contributed by atoms with Gasteiger partial charge in [0.1, 0.15) is 5.78 Å². The molecule has 0 aliphatic carbocycles. The molecule has 1 unspecified atom stereocenters. The van der Waals surface area contributed by atoms with E-state index in [2.05, 4.69) is 4.90 Å². The van der Waals surface area contributed by atoms with Gasteiger partial charge in [0.05, 0.1) is 32.3 Å².